The molecule has 3 nitrogen and oxygen atoms in total. The van der Waals surface area contributed by atoms with Gasteiger partial charge in [-0.25, -0.2) is 4.98 Å². The van der Waals surface area contributed by atoms with Crippen LogP contribution in [0.1, 0.15) is 38.3 Å². The highest BCUT2D eigenvalue weighted by molar-refractivity contribution is 5.41. The third-order valence-corrected chi connectivity index (χ3v) is 3.19. The highest BCUT2D eigenvalue weighted by atomic mass is 15.2. The summed E-state index contributed by atoms with van der Waals surface area (Å²) in [7, 11) is 0. The van der Waals surface area contributed by atoms with Crippen molar-refractivity contribution in [3.05, 3.63) is 23.9 Å². The van der Waals surface area contributed by atoms with Crippen LogP contribution >= 0.6 is 0 Å². The molecule has 2 heterocycles. The average molecular weight is 205 g/mol. The molecular weight excluding hydrogens is 186 g/mol. The summed E-state index contributed by atoms with van der Waals surface area (Å²) >= 11 is 0. The maximum absolute atomic E-state index is 5.92. The predicted molar refractivity (Wildman–Crippen MR) is 62.5 cm³/mol. The lowest BCUT2D eigenvalue weighted by Gasteiger charge is -2.28. The van der Waals surface area contributed by atoms with Crippen LogP contribution in [0.2, 0.25) is 0 Å². The fourth-order valence-corrected chi connectivity index (χ4v) is 2.45. The number of rotatable bonds is 2. The summed E-state index contributed by atoms with van der Waals surface area (Å²) in [5.74, 6) is 0.690. The van der Waals surface area contributed by atoms with Crippen LogP contribution in [0.4, 0.5) is 5.82 Å². The highest BCUT2D eigenvalue weighted by Gasteiger charge is 2.29. The molecule has 1 saturated heterocycles. The molecule has 1 atom stereocenters. The van der Waals surface area contributed by atoms with E-state index in [1.54, 1.807) is 6.20 Å². The second kappa shape index (κ2) is 4.19. The summed E-state index contributed by atoms with van der Waals surface area (Å²) in [5.41, 5.74) is 7.12. The van der Waals surface area contributed by atoms with Crippen molar-refractivity contribution in [2.45, 2.75) is 38.8 Å². The number of anilines is 1. The van der Waals surface area contributed by atoms with Crippen LogP contribution in [-0.4, -0.2) is 22.5 Å². The van der Waals surface area contributed by atoms with Crippen LogP contribution in [0, 0.1) is 0 Å². The SMILES string of the molecule is CC(C)N1CCC[C@H]1c1cccnc1N. The molecule has 1 aliphatic rings. The van der Waals surface area contributed by atoms with Gasteiger partial charge in [-0.3, -0.25) is 4.90 Å². The van der Waals surface area contributed by atoms with E-state index in [9.17, 15) is 0 Å². The van der Waals surface area contributed by atoms with Gasteiger partial charge < -0.3 is 5.73 Å². The van der Waals surface area contributed by atoms with E-state index in [4.69, 9.17) is 5.73 Å². The lowest BCUT2D eigenvalue weighted by Crippen LogP contribution is -2.30. The fraction of sp³-hybridized carbons (Fsp3) is 0.583. The summed E-state index contributed by atoms with van der Waals surface area (Å²) < 4.78 is 0. The monoisotopic (exact) mass is 205 g/mol. The van der Waals surface area contributed by atoms with Gasteiger partial charge >= 0.3 is 0 Å². The molecule has 1 aromatic heterocycles. The summed E-state index contributed by atoms with van der Waals surface area (Å²) in [6.07, 6.45) is 4.22. The molecule has 82 valence electrons. The van der Waals surface area contributed by atoms with E-state index in [0.717, 1.165) is 0 Å². The van der Waals surface area contributed by atoms with Crippen molar-refractivity contribution in [1.82, 2.24) is 9.88 Å². The average Bonchev–Trinajstić information content (AvgIpc) is 2.67. The summed E-state index contributed by atoms with van der Waals surface area (Å²) in [6.45, 7) is 5.66. The summed E-state index contributed by atoms with van der Waals surface area (Å²) in [6, 6.07) is 5.13. The summed E-state index contributed by atoms with van der Waals surface area (Å²) in [4.78, 5) is 6.68. The first-order valence-corrected chi connectivity index (χ1v) is 5.66. The smallest absolute Gasteiger partial charge is 0.128 e. The van der Waals surface area contributed by atoms with E-state index >= 15 is 0 Å². The topological polar surface area (TPSA) is 42.2 Å². The number of hydrogen-bond acceptors (Lipinski definition) is 3. The molecule has 1 aliphatic heterocycles. The van der Waals surface area contributed by atoms with Gasteiger partial charge in [-0.15, -0.1) is 0 Å². The minimum Gasteiger partial charge on any atom is -0.383 e. The first-order chi connectivity index (χ1) is 7.20. The van der Waals surface area contributed by atoms with Crippen LogP contribution in [0.3, 0.4) is 0 Å². The lowest BCUT2D eigenvalue weighted by molar-refractivity contribution is 0.206. The van der Waals surface area contributed by atoms with E-state index in [0.29, 0.717) is 17.9 Å². The Balaban J connectivity index is 2.27. The number of nitrogens with zero attached hydrogens (tertiary/aromatic N) is 2. The third kappa shape index (κ3) is 1.97. The minimum absolute atomic E-state index is 0.471. The van der Waals surface area contributed by atoms with Gasteiger partial charge in [0.1, 0.15) is 5.82 Å². The fourth-order valence-electron chi connectivity index (χ4n) is 2.45. The van der Waals surface area contributed by atoms with Crippen molar-refractivity contribution < 1.29 is 0 Å². The molecule has 2 rings (SSSR count). The molecule has 0 amide bonds. The number of likely N-dealkylation sites (tertiary alicyclic amines) is 1. The Morgan fingerprint density at radius 1 is 1.53 bits per heavy atom. The normalized spacial score (nSPS) is 22.5. The van der Waals surface area contributed by atoms with Gasteiger partial charge in [-0.2, -0.15) is 0 Å². The lowest BCUT2D eigenvalue weighted by atomic mass is 10.0. The molecule has 3 heteroatoms. The molecule has 0 aromatic carbocycles. The van der Waals surface area contributed by atoms with E-state index < -0.39 is 0 Å². The Morgan fingerprint density at radius 3 is 3.00 bits per heavy atom. The van der Waals surface area contributed by atoms with Crippen LogP contribution in [0.5, 0.6) is 0 Å². The Kier molecular flexibility index (Phi) is 2.91. The first-order valence-electron chi connectivity index (χ1n) is 5.66. The van der Waals surface area contributed by atoms with Gasteiger partial charge in [0.05, 0.1) is 0 Å². The standard InChI is InChI=1S/C12H19N3/c1-9(2)15-8-4-6-11(15)10-5-3-7-14-12(10)13/h3,5,7,9,11H,4,6,8H2,1-2H3,(H2,13,14)/t11-/m0/s1. The number of nitrogens with two attached hydrogens (primary N) is 1. The molecule has 0 spiro atoms. The zero-order valence-electron chi connectivity index (χ0n) is 9.48. The maximum Gasteiger partial charge on any atom is 0.128 e. The van der Waals surface area contributed by atoms with Crippen LogP contribution in [0.25, 0.3) is 0 Å². The molecule has 1 aromatic rings. The molecule has 0 radical (unpaired) electrons. The highest BCUT2D eigenvalue weighted by Crippen LogP contribution is 2.35. The third-order valence-electron chi connectivity index (χ3n) is 3.19. The molecule has 15 heavy (non-hydrogen) atoms. The molecule has 0 aliphatic carbocycles. The second-order valence-corrected chi connectivity index (χ2v) is 4.47. The van der Waals surface area contributed by atoms with Gasteiger partial charge in [-0.1, -0.05) is 6.07 Å². The molecular formula is C12H19N3. The van der Waals surface area contributed by atoms with Gasteiger partial charge in [0.2, 0.25) is 0 Å². The zero-order valence-corrected chi connectivity index (χ0v) is 9.48. The van der Waals surface area contributed by atoms with E-state index in [1.165, 1.54) is 24.9 Å². The Labute approximate surface area is 91.3 Å². The van der Waals surface area contributed by atoms with Crippen LogP contribution in [-0.2, 0) is 0 Å². The van der Waals surface area contributed by atoms with Crippen molar-refractivity contribution in [2.24, 2.45) is 0 Å². The molecule has 0 unspecified atom stereocenters. The van der Waals surface area contributed by atoms with Gasteiger partial charge in [0.25, 0.3) is 0 Å². The minimum atomic E-state index is 0.471. The Hall–Kier alpha value is -1.09. The molecule has 1 fully saturated rings. The second-order valence-electron chi connectivity index (χ2n) is 4.47. The van der Waals surface area contributed by atoms with Crippen LogP contribution in [0.15, 0.2) is 18.3 Å². The first kappa shape index (κ1) is 10.4. The van der Waals surface area contributed by atoms with E-state index in [-0.39, 0.29) is 0 Å². The Morgan fingerprint density at radius 2 is 2.33 bits per heavy atom. The predicted octanol–water partition coefficient (Wildman–Crippen LogP) is 2.21. The molecule has 0 saturated carbocycles. The van der Waals surface area contributed by atoms with Crippen LogP contribution < -0.4 is 5.73 Å². The van der Waals surface area contributed by atoms with Gasteiger partial charge in [-0.05, 0) is 39.3 Å². The van der Waals surface area contributed by atoms with Crippen molar-refractivity contribution in [3.63, 3.8) is 0 Å². The number of aromatic nitrogens is 1. The van der Waals surface area contributed by atoms with Crippen molar-refractivity contribution in [2.75, 3.05) is 12.3 Å². The van der Waals surface area contributed by atoms with Gasteiger partial charge in [0, 0.05) is 23.8 Å². The van der Waals surface area contributed by atoms with Crippen molar-refractivity contribution >= 4 is 5.82 Å². The number of hydrogen-bond donors (Lipinski definition) is 1. The summed E-state index contributed by atoms with van der Waals surface area (Å²) in [5, 5.41) is 0. The number of nitrogen functional groups attached to an aromatic ring is 1. The van der Waals surface area contributed by atoms with E-state index in [1.807, 2.05) is 6.07 Å². The Bertz CT molecular complexity index is 335. The van der Waals surface area contributed by atoms with Crippen molar-refractivity contribution in [1.29, 1.82) is 0 Å². The largest absolute Gasteiger partial charge is 0.383 e. The quantitative estimate of drug-likeness (QED) is 0.805. The van der Waals surface area contributed by atoms with Crippen molar-refractivity contribution in [3.8, 4) is 0 Å². The maximum atomic E-state index is 5.92. The molecule has 0 bridgehead atoms. The number of pyridine rings is 1. The molecule has 2 N–H and O–H groups in total. The van der Waals surface area contributed by atoms with Gasteiger partial charge in [0.15, 0.2) is 0 Å². The van der Waals surface area contributed by atoms with E-state index in [2.05, 4.69) is 29.8 Å². The zero-order chi connectivity index (χ0) is 10.8.